The highest BCUT2D eigenvalue weighted by Crippen LogP contribution is 2.27. The zero-order valence-corrected chi connectivity index (χ0v) is 11.2. The highest BCUT2D eigenvalue weighted by Gasteiger charge is 2.31. The van der Waals surface area contributed by atoms with Crippen molar-refractivity contribution in [3.05, 3.63) is 28.8 Å². The van der Waals surface area contributed by atoms with E-state index in [2.05, 4.69) is 10.1 Å². The third-order valence-electron chi connectivity index (χ3n) is 2.96. The first-order valence-corrected chi connectivity index (χ1v) is 6.22. The summed E-state index contributed by atoms with van der Waals surface area (Å²) in [6.07, 6.45) is 0.533. The highest BCUT2D eigenvalue weighted by atomic mass is 35.5. The second-order valence-corrected chi connectivity index (χ2v) is 4.80. The Labute approximate surface area is 111 Å². The highest BCUT2D eigenvalue weighted by molar-refractivity contribution is 6.32. The molecular formula is C13H16ClNO3. The molecule has 1 N–H and O–H groups in total. The average molecular weight is 270 g/mol. The van der Waals surface area contributed by atoms with Crippen molar-refractivity contribution in [3.63, 3.8) is 0 Å². The maximum absolute atomic E-state index is 11.4. The number of carbonyl (C=O) groups excluding carboxylic acids is 1. The minimum atomic E-state index is -0.288. The average Bonchev–Trinajstić information content (AvgIpc) is 2.80. The number of aryl methyl sites for hydroxylation is 1. The van der Waals surface area contributed by atoms with Crippen LogP contribution in [0.5, 0.6) is 5.75 Å². The summed E-state index contributed by atoms with van der Waals surface area (Å²) in [6, 6.07) is 5.37. The smallest absolute Gasteiger partial charge is 0.323 e. The molecule has 18 heavy (non-hydrogen) atoms. The molecule has 4 nitrogen and oxygen atoms in total. The van der Waals surface area contributed by atoms with Crippen molar-refractivity contribution in [2.24, 2.45) is 0 Å². The van der Waals surface area contributed by atoms with Crippen molar-refractivity contribution in [1.29, 1.82) is 0 Å². The molecule has 0 unspecified atom stereocenters. The van der Waals surface area contributed by atoms with Crippen LogP contribution < -0.4 is 10.1 Å². The quantitative estimate of drug-likeness (QED) is 0.852. The van der Waals surface area contributed by atoms with E-state index in [1.165, 1.54) is 7.11 Å². The molecule has 1 aromatic carbocycles. The van der Waals surface area contributed by atoms with Crippen LogP contribution >= 0.6 is 11.6 Å². The van der Waals surface area contributed by atoms with Crippen LogP contribution in [-0.4, -0.2) is 31.8 Å². The number of hydrogen-bond donors (Lipinski definition) is 1. The summed E-state index contributed by atoms with van der Waals surface area (Å²) in [6.45, 7) is 2.59. The van der Waals surface area contributed by atoms with Gasteiger partial charge < -0.3 is 14.8 Å². The van der Waals surface area contributed by atoms with Crippen molar-refractivity contribution in [3.8, 4) is 5.75 Å². The maximum atomic E-state index is 11.4. The number of rotatable bonds is 3. The molecule has 1 heterocycles. The van der Waals surface area contributed by atoms with E-state index in [-0.39, 0.29) is 18.1 Å². The lowest BCUT2D eigenvalue weighted by Gasteiger charge is -2.14. The first-order chi connectivity index (χ1) is 8.60. The summed E-state index contributed by atoms with van der Waals surface area (Å²) >= 11 is 6.10. The number of halogens is 1. The lowest BCUT2D eigenvalue weighted by molar-refractivity contribution is -0.142. The van der Waals surface area contributed by atoms with Gasteiger partial charge in [0.2, 0.25) is 0 Å². The normalized spacial score (nSPS) is 22.8. The molecule has 2 atom stereocenters. The van der Waals surface area contributed by atoms with Crippen molar-refractivity contribution in [1.82, 2.24) is 5.32 Å². The number of ether oxygens (including phenoxy) is 2. The van der Waals surface area contributed by atoms with Gasteiger partial charge in [-0.05, 0) is 24.6 Å². The van der Waals surface area contributed by atoms with Gasteiger partial charge in [0.1, 0.15) is 17.9 Å². The van der Waals surface area contributed by atoms with Crippen molar-refractivity contribution >= 4 is 17.6 Å². The Morgan fingerprint density at radius 2 is 2.28 bits per heavy atom. The lowest BCUT2D eigenvalue weighted by atomic mass is 10.2. The number of methoxy groups -OCH3 is 1. The summed E-state index contributed by atoms with van der Waals surface area (Å²) in [5.74, 6) is 0.399. The third kappa shape index (κ3) is 2.94. The number of carbonyl (C=O) groups is 1. The molecule has 1 aliphatic rings. The van der Waals surface area contributed by atoms with Crippen LogP contribution in [0.2, 0.25) is 5.02 Å². The van der Waals surface area contributed by atoms with Gasteiger partial charge in [0.05, 0.1) is 12.1 Å². The summed E-state index contributed by atoms with van der Waals surface area (Å²) in [5, 5.41) is 3.66. The Kier molecular flexibility index (Phi) is 4.09. The Morgan fingerprint density at radius 3 is 2.94 bits per heavy atom. The molecule has 0 radical (unpaired) electrons. The molecular weight excluding hydrogens is 254 g/mol. The predicted molar refractivity (Wildman–Crippen MR) is 69.0 cm³/mol. The summed E-state index contributed by atoms with van der Waals surface area (Å²) < 4.78 is 10.5. The molecule has 1 fully saturated rings. The Bertz CT molecular complexity index is 450. The fraction of sp³-hybridized carbons (Fsp3) is 0.462. The van der Waals surface area contributed by atoms with Gasteiger partial charge in [-0.25, -0.2) is 0 Å². The van der Waals surface area contributed by atoms with E-state index in [1.54, 1.807) is 0 Å². The lowest BCUT2D eigenvalue weighted by Crippen LogP contribution is -2.31. The second kappa shape index (κ2) is 5.59. The van der Waals surface area contributed by atoms with Gasteiger partial charge in [0, 0.05) is 13.0 Å². The van der Waals surface area contributed by atoms with E-state index in [4.69, 9.17) is 16.3 Å². The summed E-state index contributed by atoms with van der Waals surface area (Å²) in [7, 11) is 1.38. The van der Waals surface area contributed by atoms with Crippen molar-refractivity contribution in [2.75, 3.05) is 13.7 Å². The number of nitrogens with one attached hydrogen (secondary N) is 1. The molecule has 0 bridgehead atoms. The van der Waals surface area contributed by atoms with E-state index in [0.717, 1.165) is 5.56 Å². The van der Waals surface area contributed by atoms with Crippen LogP contribution in [0.1, 0.15) is 12.0 Å². The molecule has 2 rings (SSSR count). The molecule has 0 aliphatic carbocycles. The second-order valence-electron chi connectivity index (χ2n) is 4.39. The molecule has 1 saturated heterocycles. The van der Waals surface area contributed by atoms with Gasteiger partial charge in [0.25, 0.3) is 0 Å². The van der Waals surface area contributed by atoms with Crippen LogP contribution in [0.25, 0.3) is 0 Å². The van der Waals surface area contributed by atoms with Crippen molar-refractivity contribution in [2.45, 2.75) is 25.5 Å². The SMILES string of the molecule is COC(=O)[C@@H]1C[C@H](Oc2ccc(C)cc2Cl)CN1. The predicted octanol–water partition coefficient (Wildman–Crippen LogP) is 1.93. The maximum Gasteiger partial charge on any atom is 0.323 e. The zero-order chi connectivity index (χ0) is 13.1. The Hall–Kier alpha value is -1.26. The molecule has 1 aliphatic heterocycles. The van der Waals surface area contributed by atoms with Crippen LogP contribution in [0.3, 0.4) is 0 Å². The van der Waals surface area contributed by atoms with Crippen LogP contribution in [-0.2, 0) is 9.53 Å². The number of benzene rings is 1. The minimum absolute atomic E-state index is 0.0608. The fourth-order valence-electron chi connectivity index (χ4n) is 2.00. The molecule has 0 aromatic heterocycles. The van der Waals surface area contributed by atoms with Crippen LogP contribution in [0, 0.1) is 6.92 Å². The molecule has 5 heteroatoms. The van der Waals surface area contributed by atoms with E-state index >= 15 is 0 Å². The number of hydrogen-bond acceptors (Lipinski definition) is 4. The summed E-state index contributed by atoms with van der Waals surface area (Å²) in [4.78, 5) is 11.4. The van der Waals surface area contributed by atoms with Crippen molar-refractivity contribution < 1.29 is 14.3 Å². The Balaban J connectivity index is 1.97. The fourth-order valence-corrected chi connectivity index (χ4v) is 2.28. The first kappa shape index (κ1) is 13.2. The van der Waals surface area contributed by atoms with Crippen LogP contribution in [0.4, 0.5) is 0 Å². The Morgan fingerprint density at radius 1 is 1.50 bits per heavy atom. The van der Waals surface area contributed by atoms with E-state index < -0.39 is 0 Å². The van der Waals surface area contributed by atoms with E-state index in [0.29, 0.717) is 23.7 Å². The van der Waals surface area contributed by atoms with Gasteiger partial charge in [-0.3, -0.25) is 4.79 Å². The minimum Gasteiger partial charge on any atom is -0.487 e. The van der Waals surface area contributed by atoms with E-state index in [9.17, 15) is 4.79 Å². The third-order valence-corrected chi connectivity index (χ3v) is 3.25. The first-order valence-electron chi connectivity index (χ1n) is 5.84. The topological polar surface area (TPSA) is 47.6 Å². The van der Waals surface area contributed by atoms with E-state index in [1.807, 2.05) is 25.1 Å². The molecule has 0 saturated carbocycles. The van der Waals surface area contributed by atoms with Crippen LogP contribution in [0.15, 0.2) is 18.2 Å². The molecule has 0 amide bonds. The molecule has 98 valence electrons. The van der Waals surface area contributed by atoms with Gasteiger partial charge >= 0.3 is 5.97 Å². The van der Waals surface area contributed by atoms with Gasteiger partial charge in [-0.15, -0.1) is 0 Å². The molecule has 1 aromatic rings. The van der Waals surface area contributed by atoms with Gasteiger partial charge in [0.15, 0.2) is 0 Å². The largest absolute Gasteiger partial charge is 0.487 e. The number of esters is 1. The van der Waals surface area contributed by atoms with Gasteiger partial charge in [-0.2, -0.15) is 0 Å². The zero-order valence-electron chi connectivity index (χ0n) is 10.4. The molecule has 0 spiro atoms. The monoisotopic (exact) mass is 269 g/mol. The summed E-state index contributed by atoms with van der Waals surface area (Å²) in [5.41, 5.74) is 1.09. The standard InChI is InChI=1S/C13H16ClNO3/c1-8-3-4-12(10(14)5-8)18-9-6-11(15-7-9)13(16)17-2/h3-5,9,11,15H,6-7H2,1-2H3/t9-,11-/m0/s1. The van der Waals surface area contributed by atoms with Gasteiger partial charge in [-0.1, -0.05) is 17.7 Å².